The number of nitrogens with one attached hydrogen (secondary N) is 1. The maximum atomic E-state index is 3.61. The van der Waals surface area contributed by atoms with E-state index in [1.165, 1.54) is 30.5 Å². The Morgan fingerprint density at radius 3 is 2.35 bits per heavy atom. The highest BCUT2D eigenvalue weighted by atomic mass is 15.1. The fraction of sp³-hybridized carbons (Fsp3) is 0.600. The van der Waals surface area contributed by atoms with Crippen molar-refractivity contribution in [2.24, 2.45) is 5.92 Å². The molecule has 0 spiro atoms. The zero-order valence-corrected chi connectivity index (χ0v) is 11.2. The zero-order valence-electron chi connectivity index (χ0n) is 11.2. The van der Waals surface area contributed by atoms with Crippen LogP contribution >= 0.6 is 0 Å². The highest BCUT2D eigenvalue weighted by Gasteiger charge is 2.25. The molecule has 1 fully saturated rings. The summed E-state index contributed by atoms with van der Waals surface area (Å²) in [5, 5.41) is 3.61. The SMILES string of the molecule is CCNC(CC1CC1)c1ccc(N(C)C)cc1. The van der Waals surface area contributed by atoms with Crippen LogP contribution in [0.4, 0.5) is 5.69 Å². The summed E-state index contributed by atoms with van der Waals surface area (Å²) in [4.78, 5) is 2.15. The number of hydrogen-bond donors (Lipinski definition) is 1. The maximum Gasteiger partial charge on any atom is 0.0361 e. The molecule has 1 saturated carbocycles. The topological polar surface area (TPSA) is 15.3 Å². The Balaban J connectivity index is 2.05. The second kappa shape index (κ2) is 5.54. The molecule has 2 nitrogen and oxygen atoms in total. The molecule has 2 heteroatoms. The van der Waals surface area contributed by atoms with Crippen molar-refractivity contribution in [3.63, 3.8) is 0 Å². The molecule has 0 aliphatic heterocycles. The molecule has 0 aromatic heterocycles. The van der Waals surface area contributed by atoms with Gasteiger partial charge in [0, 0.05) is 25.8 Å². The van der Waals surface area contributed by atoms with E-state index in [1.807, 2.05) is 0 Å². The van der Waals surface area contributed by atoms with E-state index in [1.54, 1.807) is 0 Å². The van der Waals surface area contributed by atoms with E-state index in [0.29, 0.717) is 6.04 Å². The minimum absolute atomic E-state index is 0.545. The Labute approximate surface area is 105 Å². The quantitative estimate of drug-likeness (QED) is 0.810. The average Bonchev–Trinajstić information content (AvgIpc) is 3.13. The van der Waals surface area contributed by atoms with Gasteiger partial charge in [0.25, 0.3) is 0 Å². The molecule has 0 amide bonds. The molecule has 0 bridgehead atoms. The third kappa shape index (κ3) is 3.47. The van der Waals surface area contributed by atoms with Gasteiger partial charge in [-0.2, -0.15) is 0 Å². The summed E-state index contributed by atoms with van der Waals surface area (Å²) < 4.78 is 0. The van der Waals surface area contributed by atoms with Gasteiger partial charge in [0.05, 0.1) is 0 Å². The van der Waals surface area contributed by atoms with Crippen molar-refractivity contribution < 1.29 is 0 Å². The van der Waals surface area contributed by atoms with Crippen LogP contribution in [0.15, 0.2) is 24.3 Å². The monoisotopic (exact) mass is 232 g/mol. The van der Waals surface area contributed by atoms with Crippen LogP contribution in [-0.4, -0.2) is 20.6 Å². The molecule has 94 valence electrons. The van der Waals surface area contributed by atoms with Gasteiger partial charge in [-0.05, 0) is 36.6 Å². The van der Waals surface area contributed by atoms with E-state index in [-0.39, 0.29) is 0 Å². The second-order valence-corrected chi connectivity index (χ2v) is 5.28. The van der Waals surface area contributed by atoms with E-state index in [2.05, 4.69) is 55.5 Å². The lowest BCUT2D eigenvalue weighted by Crippen LogP contribution is -2.21. The van der Waals surface area contributed by atoms with Crippen LogP contribution in [0, 0.1) is 5.92 Å². The fourth-order valence-electron chi connectivity index (χ4n) is 2.28. The number of nitrogens with zero attached hydrogens (tertiary/aromatic N) is 1. The lowest BCUT2D eigenvalue weighted by Gasteiger charge is -2.19. The summed E-state index contributed by atoms with van der Waals surface area (Å²) >= 11 is 0. The standard InChI is InChI=1S/C15H24N2/c1-4-16-15(11-12-5-6-12)13-7-9-14(10-8-13)17(2)3/h7-10,12,15-16H,4-6,11H2,1-3H3. The Morgan fingerprint density at radius 2 is 1.88 bits per heavy atom. The van der Waals surface area contributed by atoms with Gasteiger partial charge in [-0.15, -0.1) is 0 Å². The summed E-state index contributed by atoms with van der Waals surface area (Å²) in [7, 11) is 4.17. The van der Waals surface area contributed by atoms with Crippen molar-refractivity contribution >= 4 is 5.69 Å². The lowest BCUT2D eigenvalue weighted by atomic mass is 10.0. The van der Waals surface area contributed by atoms with Crippen molar-refractivity contribution in [3.8, 4) is 0 Å². The van der Waals surface area contributed by atoms with E-state index < -0.39 is 0 Å². The predicted molar refractivity (Wildman–Crippen MR) is 74.5 cm³/mol. The summed E-state index contributed by atoms with van der Waals surface area (Å²) in [6.45, 7) is 3.24. The third-order valence-electron chi connectivity index (χ3n) is 3.53. The molecular formula is C15H24N2. The van der Waals surface area contributed by atoms with Crippen molar-refractivity contribution in [1.29, 1.82) is 0 Å². The first-order valence-electron chi connectivity index (χ1n) is 6.71. The summed E-state index contributed by atoms with van der Waals surface area (Å²) in [5.41, 5.74) is 2.71. The Morgan fingerprint density at radius 1 is 1.24 bits per heavy atom. The molecule has 0 saturated heterocycles. The van der Waals surface area contributed by atoms with Gasteiger partial charge in [-0.25, -0.2) is 0 Å². The smallest absolute Gasteiger partial charge is 0.0361 e. The first-order chi connectivity index (χ1) is 8.20. The van der Waals surface area contributed by atoms with E-state index in [9.17, 15) is 0 Å². The Kier molecular flexibility index (Phi) is 4.06. The second-order valence-electron chi connectivity index (χ2n) is 5.28. The van der Waals surface area contributed by atoms with Crippen LogP contribution < -0.4 is 10.2 Å². The predicted octanol–water partition coefficient (Wildman–Crippen LogP) is 3.20. The van der Waals surface area contributed by atoms with Crippen molar-refractivity contribution in [3.05, 3.63) is 29.8 Å². The van der Waals surface area contributed by atoms with Crippen LogP contribution in [0.25, 0.3) is 0 Å². The molecule has 1 unspecified atom stereocenters. The average molecular weight is 232 g/mol. The van der Waals surface area contributed by atoms with E-state index >= 15 is 0 Å². The minimum atomic E-state index is 0.545. The highest BCUT2D eigenvalue weighted by Crippen LogP contribution is 2.37. The van der Waals surface area contributed by atoms with Gasteiger partial charge in [-0.1, -0.05) is 31.9 Å². The largest absolute Gasteiger partial charge is 0.378 e. The molecule has 0 radical (unpaired) electrons. The molecule has 1 aromatic carbocycles. The Bertz CT molecular complexity index is 338. The van der Waals surface area contributed by atoms with Gasteiger partial charge in [0.1, 0.15) is 0 Å². The highest BCUT2D eigenvalue weighted by molar-refractivity contribution is 5.46. The number of hydrogen-bond acceptors (Lipinski definition) is 2. The summed E-state index contributed by atoms with van der Waals surface area (Å²) in [6.07, 6.45) is 4.16. The van der Waals surface area contributed by atoms with Crippen molar-refractivity contribution in [1.82, 2.24) is 5.32 Å². The number of rotatable bonds is 6. The van der Waals surface area contributed by atoms with Gasteiger partial charge in [0.2, 0.25) is 0 Å². The summed E-state index contributed by atoms with van der Waals surface area (Å²) in [5.74, 6) is 0.965. The van der Waals surface area contributed by atoms with Crippen molar-refractivity contribution in [2.45, 2.75) is 32.2 Å². The molecular weight excluding hydrogens is 208 g/mol. The first-order valence-corrected chi connectivity index (χ1v) is 6.71. The molecule has 2 rings (SSSR count). The van der Waals surface area contributed by atoms with Gasteiger partial charge < -0.3 is 10.2 Å². The van der Waals surface area contributed by atoms with E-state index in [0.717, 1.165) is 12.5 Å². The van der Waals surface area contributed by atoms with Crippen LogP contribution in [0.3, 0.4) is 0 Å². The van der Waals surface area contributed by atoms with Crippen LogP contribution in [0.1, 0.15) is 37.8 Å². The molecule has 1 aliphatic carbocycles. The Hall–Kier alpha value is -1.02. The molecule has 17 heavy (non-hydrogen) atoms. The van der Waals surface area contributed by atoms with Crippen LogP contribution in [0.5, 0.6) is 0 Å². The van der Waals surface area contributed by atoms with Crippen molar-refractivity contribution in [2.75, 3.05) is 25.5 Å². The van der Waals surface area contributed by atoms with Crippen LogP contribution in [0.2, 0.25) is 0 Å². The minimum Gasteiger partial charge on any atom is -0.378 e. The van der Waals surface area contributed by atoms with Gasteiger partial charge >= 0.3 is 0 Å². The zero-order chi connectivity index (χ0) is 12.3. The summed E-state index contributed by atoms with van der Waals surface area (Å²) in [6, 6.07) is 9.51. The first kappa shape index (κ1) is 12.4. The molecule has 1 N–H and O–H groups in total. The number of benzene rings is 1. The fourth-order valence-corrected chi connectivity index (χ4v) is 2.28. The normalized spacial score (nSPS) is 16.9. The maximum absolute atomic E-state index is 3.61. The molecule has 1 aromatic rings. The van der Waals surface area contributed by atoms with Gasteiger partial charge in [-0.3, -0.25) is 0 Å². The lowest BCUT2D eigenvalue weighted by molar-refractivity contribution is 0.487. The molecule has 1 atom stereocenters. The van der Waals surface area contributed by atoms with E-state index in [4.69, 9.17) is 0 Å². The van der Waals surface area contributed by atoms with Gasteiger partial charge in [0.15, 0.2) is 0 Å². The number of anilines is 1. The third-order valence-corrected chi connectivity index (χ3v) is 3.53. The molecule has 1 aliphatic rings. The molecule has 0 heterocycles. The van der Waals surface area contributed by atoms with Crippen LogP contribution in [-0.2, 0) is 0 Å².